The fourth-order valence-corrected chi connectivity index (χ4v) is 2.92. The SMILES string of the molecule is O=C(Nc1ccc2ccccc2c1)/C(=C/c1ccco1)NC(=O)c1ccccc1. The Kier molecular flexibility index (Phi) is 5.21. The van der Waals surface area contributed by atoms with Crippen LogP contribution in [-0.4, -0.2) is 11.8 Å². The topological polar surface area (TPSA) is 71.3 Å². The molecule has 0 fully saturated rings. The van der Waals surface area contributed by atoms with E-state index in [0.717, 1.165) is 10.8 Å². The number of carbonyl (C=O) groups excluding carboxylic acids is 2. The zero-order valence-electron chi connectivity index (χ0n) is 15.5. The lowest BCUT2D eigenvalue weighted by molar-refractivity contribution is -0.113. The lowest BCUT2D eigenvalue weighted by atomic mass is 10.1. The van der Waals surface area contributed by atoms with Crippen LogP contribution in [0.5, 0.6) is 0 Å². The summed E-state index contributed by atoms with van der Waals surface area (Å²) in [6.07, 6.45) is 3.00. The summed E-state index contributed by atoms with van der Waals surface area (Å²) in [6.45, 7) is 0. The van der Waals surface area contributed by atoms with Crippen molar-refractivity contribution in [3.8, 4) is 0 Å². The van der Waals surface area contributed by atoms with Gasteiger partial charge in [-0.05, 0) is 47.2 Å². The standard InChI is InChI=1S/C24H18N2O3/c27-23(18-8-2-1-3-9-18)26-22(16-21-11-6-14-29-21)24(28)25-20-13-12-17-7-4-5-10-19(17)15-20/h1-16H,(H,25,28)(H,26,27)/b22-16-. The number of fused-ring (bicyclic) bond motifs is 1. The molecule has 0 bridgehead atoms. The molecular formula is C24H18N2O3. The summed E-state index contributed by atoms with van der Waals surface area (Å²) in [7, 11) is 0. The summed E-state index contributed by atoms with van der Waals surface area (Å²) in [5.74, 6) is -0.361. The number of furan rings is 1. The van der Waals surface area contributed by atoms with Crippen molar-refractivity contribution < 1.29 is 14.0 Å². The van der Waals surface area contributed by atoms with Crippen molar-refractivity contribution in [2.24, 2.45) is 0 Å². The number of hydrogen-bond acceptors (Lipinski definition) is 3. The van der Waals surface area contributed by atoms with E-state index in [1.54, 1.807) is 36.4 Å². The van der Waals surface area contributed by atoms with Gasteiger partial charge in [0.25, 0.3) is 11.8 Å². The molecule has 0 atom stereocenters. The van der Waals surface area contributed by atoms with Gasteiger partial charge >= 0.3 is 0 Å². The lowest BCUT2D eigenvalue weighted by Gasteiger charge is -2.11. The summed E-state index contributed by atoms with van der Waals surface area (Å²) in [6, 6.07) is 25.7. The van der Waals surface area contributed by atoms with E-state index in [-0.39, 0.29) is 11.6 Å². The van der Waals surface area contributed by atoms with Gasteiger partial charge in [0.1, 0.15) is 11.5 Å². The summed E-state index contributed by atoms with van der Waals surface area (Å²) in [5.41, 5.74) is 1.17. The second-order valence-electron chi connectivity index (χ2n) is 6.41. The maximum absolute atomic E-state index is 12.9. The number of amides is 2. The first-order valence-corrected chi connectivity index (χ1v) is 9.11. The van der Waals surface area contributed by atoms with E-state index in [1.165, 1.54) is 12.3 Å². The van der Waals surface area contributed by atoms with Crippen LogP contribution in [0.25, 0.3) is 16.8 Å². The maximum atomic E-state index is 12.9. The van der Waals surface area contributed by atoms with Crippen molar-refractivity contribution >= 4 is 34.4 Å². The minimum Gasteiger partial charge on any atom is -0.465 e. The van der Waals surface area contributed by atoms with Crippen LogP contribution < -0.4 is 10.6 Å². The van der Waals surface area contributed by atoms with Gasteiger partial charge in [0.2, 0.25) is 0 Å². The molecule has 0 radical (unpaired) electrons. The fraction of sp³-hybridized carbons (Fsp3) is 0. The van der Waals surface area contributed by atoms with Crippen molar-refractivity contribution in [2.45, 2.75) is 0 Å². The van der Waals surface area contributed by atoms with Crippen molar-refractivity contribution in [2.75, 3.05) is 5.32 Å². The minimum atomic E-state index is -0.444. The molecule has 0 spiro atoms. The van der Waals surface area contributed by atoms with Gasteiger partial charge in [-0.15, -0.1) is 0 Å². The van der Waals surface area contributed by atoms with Gasteiger partial charge in [0, 0.05) is 17.3 Å². The molecule has 0 aliphatic rings. The molecule has 2 amide bonds. The number of hydrogen-bond donors (Lipinski definition) is 2. The van der Waals surface area contributed by atoms with Gasteiger partial charge in [0.15, 0.2) is 0 Å². The van der Waals surface area contributed by atoms with E-state index in [9.17, 15) is 9.59 Å². The lowest BCUT2D eigenvalue weighted by Crippen LogP contribution is -2.30. The molecular weight excluding hydrogens is 364 g/mol. The highest BCUT2D eigenvalue weighted by Gasteiger charge is 2.15. The first-order valence-electron chi connectivity index (χ1n) is 9.11. The smallest absolute Gasteiger partial charge is 0.272 e. The molecule has 5 heteroatoms. The molecule has 142 valence electrons. The second kappa shape index (κ2) is 8.27. The summed E-state index contributed by atoms with van der Waals surface area (Å²) in [4.78, 5) is 25.5. The Bertz CT molecular complexity index is 1180. The summed E-state index contributed by atoms with van der Waals surface area (Å²) >= 11 is 0. The molecule has 2 N–H and O–H groups in total. The quantitative estimate of drug-likeness (QED) is 0.485. The highest BCUT2D eigenvalue weighted by atomic mass is 16.3. The molecule has 5 nitrogen and oxygen atoms in total. The molecule has 1 heterocycles. The second-order valence-corrected chi connectivity index (χ2v) is 6.41. The van der Waals surface area contributed by atoms with Crippen LogP contribution in [0.15, 0.2) is 101 Å². The molecule has 0 saturated carbocycles. The van der Waals surface area contributed by atoms with Crippen LogP contribution in [0.2, 0.25) is 0 Å². The third kappa shape index (κ3) is 4.42. The average molecular weight is 382 g/mol. The van der Waals surface area contributed by atoms with Gasteiger partial charge in [-0.3, -0.25) is 9.59 Å². The van der Waals surface area contributed by atoms with Crippen LogP contribution in [0.1, 0.15) is 16.1 Å². The van der Waals surface area contributed by atoms with Crippen LogP contribution in [-0.2, 0) is 4.79 Å². The first kappa shape index (κ1) is 18.3. The molecule has 1 aromatic heterocycles. The predicted molar refractivity (Wildman–Crippen MR) is 113 cm³/mol. The maximum Gasteiger partial charge on any atom is 0.272 e. The average Bonchev–Trinajstić information content (AvgIpc) is 3.27. The van der Waals surface area contributed by atoms with Crippen molar-refractivity contribution in [3.05, 3.63) is 108 Å². The van der Waals surface area contributed by atoms with Gasteiger partial charge < -0.3 is 15.1 Å². The highest BCUT2D eigenvalue weighted by molar-refractivity contribution is 6.11. The van der Waals surface area contributed by atoms with E-state index in [0.29, 0.717) is 17.0 Å². The normalized spacial score (nSPS) is 11.2. The van der Waals surface area contributed by atoms with Crippen LogP contribution in [0.4, 0.5) is 5.69 Å². The molecule has 0 aliphatic carbocycles. The summed E-state index contributed by atoms with van der Waals surface area (Å²) in [5, 5.41) is 7.61. The Labute approximate surface area is 167 Å². The van der Waals surface area contributed by atoms with E-state index < -0.39 is 5.91 Å². The zero-order valence-corrected chi connectivity index (χ0v) is 15.5. The van der Waals surface area contributed by atoms with Gasteiger partial charge in [-0.1, -0.05) is 48.5 Å². The Morgan fingerprint density at radius 1 is 0.793 bits per heavy atom. The third-order valence-corrected chi connectivity index (χ3v) is 4.37. The predicted octanol–water partition coefficient (Wildman–Crippen LogP) is 4.84. The van der Waals surface area contributed by atoms with Gasteiger partial charge in [-0.2, -0.15) is 0 Å². The molecule has 0 saturated heterocycles. The number of anilines is 1. The van der Waals surface area contributed by atoms with E-state index >= 15 is 0 Å². The van der Waals surface area contributed by atoms with Crippen LogP contribution in [0, 0.1) is 0 Å². The Hall–Kier alpha value is -4.12. The Morgan fingerprint density at radius 2 is 1.55 bits per heavy atom. The fourth-order valence-electron chi connectivity index (χ4n) is 2.92. The van der Waals surface area contributed by atoms with Crippen molar-refractivity contribution in [1.29, 1.82) is 0 Å². The molecule has 4 aromatic rings. The number of nitrogens with one attached hydrogen (secondary N) is 2. The van der Waals surface area contributed by atoms with Gasteiger partial charge in [-0.25, -0.2) is 0 Å². The van der Waals surface area contributed by atoms with Gasteiger partial charge in [0.05, 0.1) is 6.26 Å². The number of carbonyl (C=O) groups is 2. The molecule has 3 aromatic carbocycles. The Balaban J connectivity index is 1.59. The number of benzene rings is 3. The minimum absolute atomic E-state index is 0.0851. The van der Waals surface area contributed by atoms with E-state index in [2.05, 4.69) is 10.6 Å². The summed E-state index contributed by atoms with van der Waals surface area (Å²) < 4.78 is 5.30. The monoisotopic (exact) mass is 382 g/mol. The zero-order chi connectivity index (χ0) is 20.1. The highest BCUT2D eigenvalue weighted by Crippen LogP contribution is 2.19. The van der Waals surface area contributed by atoms with Crippen molar-refractivity contribution in [3.63, 3.8) is 0 Å². The first-order chi connectivity index (χ1) is 14.2. The third-order valence-electron chi connectivity index (χ3n) is 4.37. The molecule has 0 unspecified atom stereocenters. The number of rotatable bonds is 5. The van der Waals surface area contributed by atoms with E-state index in [4.69, 9.17) is 4.42 Å². The van der Waals surface area contributed by atoms with E-state index in [1.807, 2.05) is 48.5 Å². The molecule has 0 aliphatic heterocycles. The van der Waals surface area contributed by atoms with Crippen molar-refractivity contribution in [1.82, 2.24) is 5.32 Å². The Morgan fingerprint density at radius 3 is 2.31 bits per heavy atom. The van der Waals surface area contributed by atoms with Crippen LogP contribution >= 0.6 is 0 Å². The molecule has 4 rings (SSSR count). The van der Waals surface area contributed by atoms with Crippen LogP contribution in [0.3, 0.4) is 0 Å². The molecule has 29 heavy (non-hydrogen) atoms. The largest absolute Gasteiger partial charge is 0.465 e.